The first-order valence-corrected chi connectivity index (χ1v) is 11.2. The summed E-state index contributed by atoms with van der Waals surface area (Å²) >= 11 is 0. The quantitative estimate of drug-likeness (QED) is 0.800. The number of hydrogen-bond donors (Lipinski definition) is 2. The largest absolute Gasteiger partial charge is 0.393 e. The number of oxime groups is 1. The summed E-state index contributed by atoms with van der Waals surface area (Å²) < 4.78 is 7.51. The van der Waals surface area contributed by atoms with E-state index in [1.54, 1.807) is 0 Å². The van der Waals surface area contributed by atoms with Crippen molar-refractivity contribution in [3.63, 3.8) is 0 Å². The maximum Gasteiger partial charge on any atom is 0.160 e. The van der Waals surface area contributed by atoms with Crippen molar-refractivity contribution in [3.05, 3.63) is 17.5 Å². The van der Waals surface area contributed by atoms with Crippen molar-refractivity contribution >= 4 is 22.4 Å². The van der Waals surface area contributed by atoms with Gasteiger partial charge in [0.05, 0.1) is 28.6 Å². The van der Waals surface area contributed by atoms with E-state index in [2.05, 4.69) is 17.4 Å². The molecule has 0 radical (unpaired) electrons. The van der Waals surface area contributed by atoms with Gasteiger partial charge in [-0.3, -0.25) is 0 Å². The van der Waals surface area contributed by atoms with Crippen molar-refractivity contribution in [3.8, 4) is 0 Å². The Bertz CT molecular complexity index is 955. The average Bonchev–Trinajstić information content (AvgIpc) is 3.33. The molecule has 162 valence electrons. The first kappa shape index (κ1) is 19.8. The Labute approximate surface area is 176 Å². The Morgan fingerprint density at radius 1 is 1.23 bits per heavy atom. The molecule has 8 heteroatoms. The van der Waals surface area contributed by atoms with Gasteiger partial charge in [-0.2, -0.15) is 5.10 Å². The topological polar surface area (TPSA) is 93.8 Å². The van der Waals surface area contributed by atoms with Crippen molar-refractivity contribution in [1.82, 2.24) is 14.8 Å². The number of nitrogens with zero attached hydrogens (tertiary/aromatic N) is 4. The molecule has 0 amide bonds. The molecule has 0 aromatic carbocycles. The fourth-order valence-corrected chi connectivity index (χ4v) is 5.02. The predicted octanol–water partition coefficient (Wildman–Crippen LogP) is 3.15. The highest BCUT2D eigenvalue weighted by molar-refractivity contribution is 6.11. The lowest BCUT2D eigenvalue weighted by atomic mass is 9.79. The van der Waals surface area contributed by atoms with Crippen molar-refractivity contribution < 1.29 is 14.7 Å². The van der Waals surface area contributed by atoms with E-state index in [0.717, 1.165) is 98.4 Å². The number of rotatable bonds is 4. The van der Waals surface area contributed by atoms with Crippen LogP contribution in [0.25, 0.3) is 11.0 Å². The van der Waals surface area contributed by atoms with E-state index in [9.17, 15) is 5.11 Å². The fourth-order valence-electron chi connectivity index (χ4n) is 5.02. The molecular weight excluding hydrogens is 382 g/mol. The van der Waals surface area contributed by atoms with Crippen LogP contribution in [0, 0.1) is 6.92 Å². The molecule has 0 bridgehead atoms. The summed E-state index contributed by atoms with van der Waals surface area (Å²) in [6.45, 7) is 6.48. The lowest BCUT2D eigenvalue weighted by Gasteiger charge is -2.32. The first-order chi connectivity index (χ1) is 14.6. The molecular formula is C22H31N5O3. The number of anilines is 1. The van der Waals surface area contributed by atoms with Crippen LogP contribution in [0.3, 0.4) is 0 Å². The number of aryl methyl sites for hydroxylation is 2. The van der Waals surface area contributed by atoms with E-state index in [4.69, 9.17) is 19.7 Å². The van der Waals surface area contributed by atoms with Gasteiger partial charge < -0.3 is 20.0 Å². The summed E-state index contributed by atoms with van der Waals surface area (Å²) in [5.74, 6) is 0. The van der Waals surface area contributed by atoms with Gasteiger partial charge in [-0.1, -0.05) is 5.16 Å². The van der Waals surface area contributed by atoms with Gasteiger partial charge in [0.2, 0.25) is 0 Å². The van der Waals surface area contributed by atoms with Crippen molar-refractivity contribution in [1.29, 1.82) is 0 Å². The number of aromatic nitrogens is 3. The minimum atomic E-state index is -0.276. The number of aliphatic hydroxyl groups excluding tert-OH is 1. The maximum absolute atomic E-state index is 9.90. The third-order valence-electron chi connectivity index (χ3n) is 6.82. The van der Waals surface area contributed by atoms with Crippen LogP contribution in [0.1, 0.15) is 63.1 Å². The van der Waals surface area contributed by atoms with Gasteiger partial charge in [-0.05, 0) is 52.4 Å². The second-order valence-electron chi connectivity index (χ2n) is 8.90. The number of hydrogen-bond acceptors (Lipinski definition) is 7. The average molecular weight is 414 g/mol. The molecule has 5 rings (SSSR count). The SMILES string of the molecule is CCn1nc(C)c2c(NC3CCOCC3)c(C3=NOC4(CCC(O)CC4)C3)cnc21. The molecule has 1 spiro atoms. The highest BCUT2D eigenvalue weighted by Gasteiger charge is 2.43. The molecule has 0 atom stereocenters. The zero-order valence-corrected chi connectivity index (χ0v) is 17.9. The molecule has 0 unspecified atom stereocenters. The highest BCUT2D eigenvalue weighted by atomic mass is 16.7. The van der Waals surface area contributed by atoms with Crippen LogP contribution in [0.4, 0.5) is 5.69 Å². The van der Waals surface area contributed by atoms with Crippen LogP contribution in [-0.2, 0) is 16.1 Å². The molecule has 8 nitrogen and oxygen atoms in total. The summed E-state index contributed by atoms with van der Waals surface area (Å²) in [5.41, 5.74) is 4.63. The zero-order valence-electron chi connectivity index (χ0n) is 17.9. The van der Waals surface area contributed by atoms with E-state index in [0.29, 0.717) is 6.04 Å². The van der Waals surface area contributed by atoms with Gasteiger partial charge in [0.15, 0.2) is 5.65 Å². The Kier molecular flexibility index (Phi) is 5.14. The summed E-state index contributed by atoms with van der Waals surface area (Å²) in [4.78, 5) is 10.8. The van der Waals surface area contributed by atoms with Crippen LogP contribution in [-0.4, -0.2) is 56.5 Å². The van der Waals surface area contributed by atoms with E-state index in [-0.39, 0.29) is 11.7 Å². The molecule has 2 aliphatic heterocycles. The Morgan fingerprint density at radius 2 is 2.00 bits per heavy atom. The Hall–Kier alpha value is -2.19. The van der Waals surface area contributed by atoms with Crippen molar-refractivity contribution in [2.45, 2.75) is 83.1 Å². The van der Waals surface area contributed by atoms with Gasteiger partial charge >= 0.3 is 0 Å². The molecule has 2 aromatic heterocycles. The zero-order chi connectivity index (χ0) is 20.7. The van der Waals surface area contributed by atoms with Crippen LogP contribution >= 0.6 is 0 Å². The van der Waals surface area contributed by atoms with E-state index in [1.165, 1.54) is 0 Å². The van der Waals surface area contributed by atoms with Crippen LogP contribution in [0.5, 0.6) is 0 Å². The fraction of sp³-hybridized carbons (Fsp3) is 0.682. The van der Waals surface area contributed by atoms with Gasteiger partial charge in [0.1, 0.15) is 5.60 Å². The summed E-state index contributed by atoms with van der Waals surface area (Å²) in [5, 5.41) is 24.0. The van der Waals surface area contributed by atoms with Crippen LogP contribution in [0.2, 0.25) is 0 Å². The predicted molar refractivity (Wildman–Crippen MR) is 115 cm³/mol. The Balaban J connectivity index is 1.52. The molecule has 3 aliphatic rings. The lowest BCUT2D eigenvalue weighted by molar-refractivity contribution is -0.0676. The van der Waals surface area contributed by atoms with Gasteiger partial charge in [-0.15, -0.1) is 0 Å². The highest BCUT2D eigenvalue weighted by Crippen LogP contribution is 2.41. The number of pyridine rings is 1. The smallest absolute Gasteiger partial charge is 0.160 e. The molecule has 4 heterocycles. The first-order valence-electron chi connectivity index (χ1n) is 11.2. The summed E-state index contributed by atoms with van der Waals surface area (Å²) in [6.07, 6.45) is 7.66. The number of ether oxygens (including phenoxy) is 1. The van der Waals surface area contributed by atoms with Crippen molar-refractivity contribution in [2.24, 2.45) is 5.16 Å². The third-order valence-corrected chi connectivity index (χ3v) is 6.82. The summed E-state index contributed by atoms with van der Waals surface area (Å²) in [7, 11) is 0. The van der Waals surface area contributed by atoms with E-state index >= 15 is 0 Å². The van der Waals surface area contributed by atoms with Crippen LogP contribution < -0.4 is 5.32 Å². The molecule has 2 aromatic rings. The normalized spacial score (nSPS) is 27.4. The second-order valence-corrected chi connectivity index (χ2v) is 8.90. The van der Waals surface area contributed by atoms with Gasteiger partial charge in [-0.25, -0.2) is 9.67 Å². The number of aliphatic hydroxyl groups is 1. The molecule has 1 saturated heterocycles. The molecule has 2 N–H and O–H groups in total. The van der Waals surface area contributed by atoms with E-state index < -0.39 is 0 Å². The standard InChI is InChI=1S/C22H31N5O3/c1-3-27-21-19(14(2)25-27)20(24-15-6-10-29-11-7-15)17(13-23-21)18-12-22(30-26-18)8-4-16(28)5-9-22/h13,15-16,28H,3-12H2,1-2H3,(H,23,24). The molecule has 1 saturated carbocycles. The monoisotopic (exact) mass is 413 g/mol. The molecule has 2 fully saturated rings. The molecule has 30 heavy (non-hydrogen) atoms. The molecule has 1 aliphatic carbocycles. The van der Waals surface area contributed by atoms with Crippen molar-refractivity contribution in [2.75, 3.05) is 18.5 Å². The number of fused-ring (bicyclic) bond motifs is 1. The minimum absolute atomic E-state index is 0.213. The minimum Gasteiger partial charge on any atom is -0.393 e. The van der Waals surface area contributed by atoms with Gasteiger partial charge in [0.25, 0.3) is 0 Å². The number of nitrogens with one attached hydrogen (secondary N) is 1. The Morgan fingerprint density at radius 3 is 2.73 bits per heavy atom. The van der Waals surface area contributed by atoms with Gasteiger partial charge in [0, 0.05) is 44.0 Å². The summed E-state index contributed by atoms with van der Waals surface area (Å²) in [6, 6.07) is 0.356. The lowest BCUT2D eigenvalue weighted by Crippen LogP contribution is -2.36. The van der Waals surface area contributed by atoms with Crippen LogP contribution in [0.15, 0.2) is 11.4 Å². The second kappa shape index (κ2) is 7.81. The maximum atomic E-state index is 9.90. The third kappa shape index (κ3) is 3.46. The van der Waals surface area contributed by atoms with E-state index in [1.807, 2.05) is 17.8 Å².